The Kier molecular flexibility index (Phi) is 5.91. The zero-order chi connectivity index (χ0) is 16.8. The van der Waals surface area contributed by atoms with Gasteiger partial charge in [0.15, 0.2) is 0 Å². The molecule has 2 unspecified atom stereocenters. The van der Waals surface area contributed by atoms with Crippen LogP contribution in [0.5, 0.6) is 0 Å². The van der Waals surface area contributed by atoms with E-state index >= 15 is 0 Å². The fraction of sp³-hybridized carbons (Fsp3) is 0.500. The lowest BCUT2D eigenvalue weighted by Gasteiger charge is -2.29. The van der Waals surface area contributed by atoms with Gasteiger partial charge < -0.3 is 5.32 Å². The van der Waals surface area contributed by atoms with E-state index in [9.17, 15) is 4.79 Å². The van der Waals surface area contributed by atoms with Crippen LogP contribution >= 0.6 is 11.8 Å². The number of aromatic amines is 1. The number of thioether (sulfide) groups is 1. The minimum absolute atomic E-state index is 0.0770. The fourth-order valence-electron chi connectivity index (χ4n) is 3.12. The second-order valence-electron chi connectivity index (χ2n) is 6.45. The molecule has 0 spiro atoms. The van der Waals surface area contributed by atoms with Gasteiger partial charge in [-0.25, -0.2) is 4.98 Å². The number of amides is 1. The third kappa shape index (κ3) is 4.84. The van der Waals surface area contributed by atoms with Crippen molar-refractivity contribution in [2.75, 3.05) is 5.75 Å². The summed E-state index contributed by atoms with van der Waals surface area (Å²) >= 11 is 1.38. The minimum Gasteiger partial charge on any atom is -0.352 e. The van der Waals surface area contributed by atoms with Crippen LogP contribution in [-0.2, 0) is 11.2 Å². The molecule has 2 aromatic rings. The number of nitrogens with one attached hydrogen (secondary N) is 2. The standard InChI is InChI=1S/C18H24N4OS/c1-13-7-5-6-10-15(13)19-17(23)12-24-18-20-16(21-22-18)11-14-8-3-2-4-9-14/h2-4,8-9,13,15H,5-7,10-12H2,1H3,(H,19,23)(H,20,21,22). The highest BCUT2D eigenvalue weighted by Gasteiger charge is 2.22. The van der Waals surface area contributed by atoms with E-state index in [-0.39, 0.29) is 5.91 Å². The van der Waals surface area contributed by atoms with Crippen LogP contribution in [0.3, 0.4) is 0 Å². The summed E-state index contributed by atoms with van der Waals surface area (Å²) in [5, 5.41) is 10.9. The largest absolute Gasteiger partial charge is 0.352 e. The van der Waals surface area contributed by atoms with Crippen LogP contribution in [-0.4, -0.2) is 32.9 Å². The molecule has 0 aliphatic heterocycles. The van der Waals surface area contributed by atoms with Crippen molar-refractivity contribution in [2.24, 2.45) is 5.92 Å². The Morgan fingerprint density at radius 1 is 1.29 bits per heavy atom. The van der Waals surface area contributed by atoms with Crippen LogP contribution < -0.4 is 5.32 Å². The quantitative estimate of drug-likeness (QED) is 0.790. The highest BCUT2D eigenvalue weighted by Crippen LogP contribution is 2.24. The minimum atomic E-state index is 0.0770. The van der Waals surface area contributed by atoms with Crippen molar-refractivity contribution in [3.05, 3.63) is 41.7 Å². The van der Waals surface area contributed by atoms with Gasteiger partial charge in [-0.3, -0.25) is 9.89 Å². The second-order valence-corrected chi connectivity index (χ2v) is 7.39. The molecule has 3 rings (SSSR count). The fourth-order valence-corrected chi connectivity index (χ4v) is 3.75. The van der Waals surface area contributed by atoms with Crippen molar-refractivity contribution in [2.45, 2.75) is 50.2 Å². The van der Waals surface area contributed by atoms with Gasteiger partial charge in [-0.15, -0.1) is 5.10 Å². The lowest BCUT2D eigenvalue weighted by molar-refractivity contribution is -0.119. The predicted octanol–water partition coefficient (Wildman–Crippen LogP) is 3.18. The first-order valence-corrected chi connectivity index (χ1v) is 9.56. The Morgan fingerprint density at radius 2 is 2.08 bits per heavy atom. The lowest BCUT2D eigenvalue weighted by atomic mass is 9.86. The maximum Gasteiger partial charge on any atom is 0.230 e. The molecule has 128 valence electrons. The number of H-pyrrole nitrogens is 1. The smallest absolute Gasteiger partial charge is 0.230 e. The van der Waals surface area contributed by atoms with E-state index in [4.69, 9.17) is 0 Å². The van der Waals surface area contributed by atoms with E-state index in [2.05, 4.69) is 39.6 Å². The van der Waals surface area contributed by atoms with Gasteiger partial charge in [-0.1, -0.05) is 61.9 Å². The number of rotatable bonds is 6. The molecule has 1 aromatic carbocycles. The zero-order valence-corrected chi connectivity index (χ0v) is 14.8. The van der Waals surface area contributed by atoms with E-state index in [1.165, 1.54) is 36.6 Å². The van der Waals surface area contributed by atoms with Gasteiger partial charge in [0.1, 0.15) is 5.82 Å². The van der Waals surface area contributed by atoms with Gasteiger partial charge in [-0.05, 0) is 24.3 Å². The van der Waals surface area contributed by atoms with Crippen LogP contribution in [0.1, 0.15) is 44.0 Å². The van der Waals surface area contributed by atoms with Crippen molar-refractivity contribution in [1.29, 1.82) is 0 Å². The SMILES string of the molecule is CC1CCCCC1NC(=O)CSc1n[nH]c(Cc2ccccc2)n1. The molecule has 1 aliphatic carbocycles. The molecule has 1 heterocycles. The summed E-state index contributed by atoms with van der Waals surface area (Å²) in [7, 11) is 0. The molecular weight excluding hydrogens is 320 g/mol. The van der Waals surface area contributed by atoms with Crippen molar-refractivity contribution < 1.29 is 4.79 Å². The molecule has 1 aromatic heterocycles. The van der Waals surface area contributed by atoms with Gasteiger partial charge in [0.2, 0.25) is 11.1 Å². The molecule has 0 saturated heterocycles. The summed E-state index contributed by atoms with van der Waals surface area (Å²) in [5.41, 5.74) is 1.19. The molecule has 1 aliphatic rings. The van der Waals surface area contributed by atoms with E-state index in [0.29, 0.717) is 22.9 Å². The van der Waals surface area contributed by atoms with Gasteiger partial charge >= 0.3 is 0 Å². The number of benzene rings is 1. The van der Waals surface area contributed by atoms with E-state index < -0.39 is 0 Å². The number of hydrogen-bond donors (Lipinski definition) is 2. The molecule has 1 saturated carbocycles. The Labute approximate surface area is 147 Å². The first-order chi connectivity index (χ1) is 11.7. The Hall–Kier alpha value is -1.82. The van der Waals surface area contributed by atoms with E-state index in [1.54, 1.807) is 0 Å². The summed E-state index contributed by atoms with van der Waals surface area (Å²) < 4.78 is 0. The normalized spacial score (nSPS) is 20.7. The van der Waals surface area contributed by atoms with Crippen LogP contribution in [0, 0.1) is 5.92 Å². The van der Waals surface area contributed by atoms with Crippen LogP contribution in [0.2, 0.25) is 0 Å². The Morgan fingerprint density at radius 3 is 2.88 bits per heavy atom. The molecule has 2 atom stereocenters. The van der Waals surface area contributed by atoms with Crippen molar-refractivity contribution in [3.63, 3.8) is 0 Å². The second kappa shape index (κ2) is 8.33. The zero-order valence-electron chi connectivity index (χ0n) is 14.0. The van der Waals surface area contributed by atoms with Crippen molar-refractivity contribution >= 4 is 17.7 Å². The lowest BCUT2D eigenvalue weighted by Crippen LogP contribution is -2.41. The summed E-state index contributed by atoms with van der Waals surface area (Å²) in [5.74, 6) is 1.85. The molecule has 5 nitrogen and oxygen atoms in total. The topological polar surface area (TPSA) is 70.7 Å². The van der Waals surface area contributed by atoms with Crippen molar-refractivity contribution in [1.82, 2.24) is 20.5 Å². The Balaban J connectivity index is 1.45. The highest BCUT2D eigenvalue weighted by atomic mass is 32.2. The van der Waals surface area contributed by atoms with E-state index in [0.717, 1.165) is 18.7 Å². The monoisotopic (exact) mass is 344 g/mol. The number of carbonyl (C=O) groups excluding carboxylic acids is 1. The molecule has 0 radical (unpaired) electrons. The van der Waals surface area contributed by atoms with Gasteiger partial charge in [0, 0.05) is 12.5 Å². The third-order valence-electron chi connectivity index (χ3n) is 4.52. The number of hydrogen-bond acceptors (Lipinski definition) is 4. The number of nitrogens with zero attached hydrogens (tertiary/aromatic N) is 2. The summed E-state index contributed by atoms with van der Waals surface area (Å²) in [6.45, 7) is 2.22. The molecule has 6 heteroatoms. The maximum absolute atomic E-state index is 12.1. The first-order valence-electron chi connectivity index (χ1n) is 8.58. The van der Waals surface area contributed by atoms with E-state index in [1.807, 2.05) is 18.2 Å². The van der Waals surface area contributed by atoms with Gasteiger partial charge in [0.05, 0.1) is 5.75 Å². The molecule has 2 N–H and O–H groups in total. The number of carbonyl (C=O) groups is 1. The van der Waals surface area contributed by atoms with Crippen molar-refractivity contribution in [3.8, 4) is 0 Å². The maximum atomic E-state index is 12.1. The molecule has 0 bridgehead atoms. The van der Waals surface area contributed by atoms with Gasteiger partial charge in [0.25, 0.3) is 0 Å². The van der Waals surface area contributed by atoms with Crippen LogP contribution in [0.25, 0.3) is 0 Å². The summed E-state index contributed by atoms with van der Waals surface area (Å²) in [6.07, 6.45) is 5.53. The molecule has 1 fully saturated rings. The van der Waals surface area contributed by atoms with Gasteiger partial charge in [-0.2, -0.15) is 0 Å². The van der Waals surface area contributed by atoms with Crippen LogP contribution in [0.15, 0.2) is 35.5 Å². The summed E-state index contributed by atoms with van der Waals surface area (Å²) in [4.78, 5) is 16.6. The molecule has 1 amide bonds. The average Bonchev–Trinajstić information content (AvgIpc) is 3.03. The molecule has 24 heavy (non-hydrogen) atoms. The summed E-state index contributed by atoms with van der Waals surface area (Å²) in [6, 6.07) is 10.5. The van der Waals surface area contributed by atoms with Crippen LogP contribution in [0.4, 0.5) is 0 Å². The number of aromatic nitrogens is 3. The third-order valence-corrected chi connectivity index (χ3v) is 5.36. The average molecular weight is 344 g/mol. The molecular formula is C18H24N4OS. The highest BCUT2D eigenvalue weighted by molar-refractivity contribution is 7.99. The predicted molar refractivity (Wildman–Crippen MR) is 95.9 cm³/mol. The first kappa shape index (κ1) is 17.0. The Bertz CT molecular complexity index is 658.